The Balaban J connectivity index is 4.21. The molecule has 0 aliphatic heterocycles. The Morgan fingerprint density at radius 2 is 2.00 bits per heavy atom. The van der Waals surface area contributed by atoms with Gasteiger partial charge in [0.05, 0.1) is 6.61 Å². The van der Waals surface area contributed by atoms with Gasteiger partial charge in [-0.3, -0.25) is 0 Å². The van der Waals surface area contributed by atoms with Gasteiger partial charge in [0.2, 0.25) is 0 Å². The van der Waals surface area contributed by atoms with Crippen LogP contribution in [0.3, 0.4) is 0 Å². The van der Waals surface area contributed by atoms with Crippen LogP contribution >= 0.6 is 0 Å². The summed E-state index contributed by atoms with van der Waals surface area (Å²) in [7, 11) is 0. The molecule has 5 nitrogen and oxygen atoms in total. The number of aliphatic hydroxyl groups excluding tert-OH is 3. The van der Waals surface area contributed by atoms with Crippen molar-refractivity contribution in [3.63, 3.8) is 0 Å². The quantitative estimate of drug-likeness (QED) is 0.349. The topological polar surface area (TPSA) is 98.0 Å². The Bertz CT molecular complexity index is 133. The van der Waals surface area contributed by atoms with Crippen LogP contribution in [-0.2, 0) is 4.79 Å². The van der Waals surface area contributed by atoms with E-state index >= 15 is 0 Å². The molecule has 0 saturated heterocycles. The highest BCUT2D eigenvalue weighted by Gasteiger charge is 2.34. The molecule has 0 aromatic carbocycles. The van der Waals surface area contributed by atoms with Gasteiger partial charge in [0.25, 0.3) is 0 Å². The molecule has 4 N–H and O–H groups in total. The summed E-state index contributed by atoms with van der Waals surface area (Å²) in [6, 6.07) is 0. The maximum atomic E-state index is 9.91. The van der Waals surface area contributed by atoms with Crippen LogP contribution in [0.4, 0.5) is 0 Å². The zero-order valence-electron chi connectivity index (χ0n) is 6.14. The lowest BCUT2D eigenvalue weighted by Crippen LogP contribution is -2.50. The Morgan fingerprint density at radius 1 is 1.55 bits per heavy atom. The zero-order valence-corrected chi connectivity index (χ0v) is 6.14. The predicted molar refractivity (Wildman–Crippen MR) is 35.8 cm³/mol. The van der Waals surface area contributed by atoms with Gasteiger partial charge < -0.3 is 25.2 Å². The maximum absolute atomic E-state index is 9.91. The third kappa shape index (κ3) is 2.55. The lowest BCUT2D eigenvalue weighted by atomic mass is 9.96. The first-order valence-corrected chi connectivity index (χ1v) is 3.10. The van der Waals surface area contributed by atoms with Crippen LogP contribution in [0.5, 0.6) is 0 Å². The lowest BCUT2D eigenvalue weighted by molar-refractivity contribution is -0.147. The number of rotatable bonds is 4. The first-order chi connectivity index (χ1) is 4.95. The van der Waals surface area contributed by atoms with Crippen molar-refractivity contribution in [2.45, 2.75) is 24.7 Å². The zero-order chi connectivity index (χ0) is 9.07. The number of carbonyl (C=O) groups excluding carboxylic acids is 1. The van der Waals surface area contributed by atoms with Crippen molar-refractivity contribution < 1.29 is 25.2 Å². The highest BCUT2D eigenvalue weighted by Crippen LogP contribution is 2.11. The van der Waals surface area contributed by atoms with Gasteiger partial charge in [-0.2, -0.15) is 0 Å². The number of aliphatic hydroxyl groups is 4. The maximum Gasteiger partial charge on any atom is 0.151 e. The summed E-state index contributed by atoms with van der Waals surface area (Å²) < 4.78 is 0. The molecule has 0 aliphatic carbocycles. The van der Waals surface area contributed by atoms with Crippen LogP contribution in [-0.4, -0.2) is 51.1 Å². The summed E-state index contributed by atoms with van der Waals surface area (Å²) in [4.78, 5) is 9.91. The third-order valence-electron chi connectivity index (χ3n) is 1.42. The molecule has 0 aromatic heterocycles. The SMILES string of the molecule is C[C@](O)(CO)[C@@H](O)[C@H](O)C=O. The van der Waals surface area contributed by atoms with E-state index in [2.05, 4.69) is 0 Å². The standard InChI is InChI=1S/C6H12O5/c1-6(11,3-8)5(10)4(9)2-7/h2,4-5,8-11H,3H2,1H3/t4-,5+,6+/m1/s1. The summed E-state index contributed by atoms with van der Waals surface area (Å²) in [6.45, 7) is 0.392. The summed E-state index contributed by atoms with van der Waals surface area (Å²) in [5.74, 6) is 0. The molecule has 0 unspecified atom stereocenters. The third-order valence-corrected chi connectivity index (χ3v) is 1.42. The van der Waals surface area contributed by atoms with Gasteiger partial charge in [0.1, 0.15) is 17.8 Å². The van der Waals surface area contributed by atoms with Crippen molar-refractivity contribution in [3.8, 4) is 0 Å². The van der Waals surface area contributed by atoms with Crippen molar-refractivity contribution in [2.75, 3.05) is 6.61 Å². The molecule has 3 atom stereocenters. The van der Waals surface area contributed by atoms with Crippen molar-refractivity contribution in [3.05, 3.63) is 0 Å². The van der Waals surface area contributed by atoms with Gasteiger partial charge >= 0.3 is 0 Å². The van der Waals surface area contributed by atoms with E-state index in [1.807, 2.05) is 0 Å². The summed E-state index contributed by atoms with van der Waals surface area (Å²) >= 11 is 0. The smallest absolute Gasteiger partial charge is 0.151 e. The molecule has 0 spiro atoms. The highest BCUT2D eigenvalue weighted by atomic mass is 16.4. The second kappa shape index (κ2) is 3.77. The van der Waals surface area contributed by atoms with Crippen LogP contribution in [0.1, 0.15) is 6.92 Å². The molecule has 0 radical (unpaired) electrons. The van der Waals surface area contributed by atoms with Crippen molar-refractivity contribution in [2.24, 2.45) is 0 Å². The van der Waals surface area contributed by atoms with Crippen molar-refractivity contribution >= 4 is 6.29 Å². The predicted octanol–water partition coefficient (Wildman–Crippen LogP) is -2.35. The Hall–Kier alpha value is -0.490. The van der Waals surface area contributed by atoms with Crippen LogP contribution in [0.25, 0.3) is 0 Å². The molecular weight excluding hydrogens is 152 g/mol. The van der Waals surface area contributed by atoms with Gasteiger partial charge in [-0.25, -0.2) is 0 Å². The van der Waals surface area contributed by atoms with Crippen molar-refractivity contribution in [1.29, 1.82) is 0 Å². The minimum absolute atomic E-state index is 0.0921. The van der Waals surface area contributed by atoms with Crippen LogP contribution < -0.4 is 0 Å². The minimum atomic E-state index is -1.85. The molecular formula is C6H12O5. The van der Waals surface area contributed by atoms with Crippen LogP contribution in [0.2, 0.25) is 0 Å². The van der Waals surface area contributed by atoms with E-state index < -0.39 is 24.4 Å². The Labute approximate surface area is 63.9 Å². The second-order valence-corrected chi connectivity index (χ2v) is 2.59. The van der Waals surface area contributed by atoms with E-state index in [1.165, 1.54) is 0 Å². The molecule has 11 heavy (non-hydrogen) atoms. The molecule has 0 rings (SSSR count). The van der Waals surface area contributed by atoms with Gasteiger partial charge in [0, 0.05) is 0 Å². The Morgan fingerprint density at radius 3 is 2.27 bits per heavy atom. The van der Waals surface area contributed by atoms with E-state index in [1.54, 1.807) is 0 Å². The molecule has 0 fully saturated rings. The number of carbonyl (C=O) groups is 1. The minimum Gasteiger partial charge on any atom is -0.393 e. The van der Waals surface area contributed by atoms with E-state index in [9.17, 15) is 4.79 Å². The van der Waals surface area contributed by atoms with Crippen LogP contribution in [0.15, 0.2) is 0 Å². The van der Waals surface area contributed by atoms with Gasteiger partial charge in [-0.1, -0.05) is 0 Å². The molecule has 0 saturated carbocycles. The summed E-state index contributed by atoms with van der Waals surface area (Å²) in [6.07, 6.45) is -3.24. The first kappa shape index (κ1) is 10.5. The molecule has 0 bridgehead atoms. The molecule has 0 aromatic rings. The number of aldehydes is 1. The molecule has 0 aliphatic rings. The van der Waals surface area contributed by atoms with Crippen molar-refractivity contribution in [1.82, 2.24) is 0 Å². The molecule has 5 heteroatoms. The number of hydrogen-bond acceptors (Lipinski definition) is 5. The monoisotopic (exact) mass is 164 g/mol. The van der Waals surface area contributed by atoms with E-state index in [0.717, 1.165) is 6.92 Å². The van der Waals surface area contributed by atoms with E-state index in [4.69, 9.17) is 20.4 Å². The number of hydrogen-bond donors (Lipinski definition) is 4. The second-order valence-electron chi connectivity index (χ2n) is 2.59. The fraction of sp³-hybridized carbons (Fsp3) is 0.833. The largest absolute Gasteiger partial charge is 0.393 e. The summed E-state index contributed by atoms with van der Waals surface area (Å²) in [5, 5.41) is 35.2. The first-order valence-electron chi connectivity index (χ1n) is 3.10. The van der Waals surface area contributed by atoms with Gasteiger partial charge in [0.15, 0.2) is 6.29 Å². The van der Waals surface area contributed by atoms with Crippen LogP contribution in [0, 0.1) is 0 Å². The van der Waals surface area contributed by atoms with Gasteiger partial charge in [-0.05, 0) is 6.92 Å². The fourth-order valence-electron chi connectivity index (χ4n) is 0.536. The fourth-order valence-corrected chi connectivity index (χ4v) is 0.536. The Kier molecular flexibility index (Phi) is 3.61. The van der Waals surface area contributed by atoms with E-state index in [0.29, 0.717) is 0 Å². The normalized spacial score (nSPS) is 21.9. The van der Waals surface area contributed by atoms with Gasteiger partial charge in [-0.15, -0.1) is 0 Å². The van der Waals surface area contributed by atoms with E-state index in [-0.39, 0.29) is 6.29 Å². The molecule has 0 heterocycles. The average Bonchev–Trinajstić information content (AvgIpc) is 2.01. The summed E-state index contributed by atoms with van der Waals surface area (Å²) in [5.41, 5.74) is -1.85. The molecule has 66 valence electrons. The molecule has 0 amide bonds. The average molecular weight is 164 g/mol. The highest BCUT2D eigenvalue weighted by molar-refractivity contribution is 5.56. The lowest BCUT2D eigenvalue weighted by Gasteiger charge is -2.27.